The van der Waals surface area contributed by atoms with E-state index in [1.54, 1.807) is 13.3 Å². The zero-order chi connectivity index (χ0) is 17.9. The van der Waals surface area contributed by atoms with E-state index in [0.717, 1.165) is 28.2 Å². The van der Waals surface area contributed by atoms with Crippen LogP contribution < -0.4 is 10.1 Å². The number of pyridine rings is 1. The van der Waals surface area contributed by atoms with Gasteiger partial charge in [-0.2, -0.15) is 0 Å². The summed E-state index contributed by atoms with van der Waals surface area (Å²) in [5.41, 5.74) is 5.64. The third-order valence-electron chi connectivity index (χ3n) is 4.63. The van der Waals surface area contributed by atoms with Gasteiger partial charge >= 0.3 is 0 Å². The molecule has 0 amide bonds. The van der Waals surface area contributed by atoms with Crippen LogP contribution in [0.15, 0.2) is 73.1 Å². The number of para-hydroxylation sites is 1. The molecule has 4 rings (SSSR count). The Morgan fingerprint density at radius 1 is 1.04 bits per heavy atom. The van der Waals surface area contributed by atoms with E-state index in [1.807, 2.05) is 30.5 Å². The summed E-state index contributed by atoms with van der Waals surface area (Å²) in [7, 11) is 1.68. The first kappa shape index (κ1) is 16.2. The highest BCUT2D eigenvalue weighted by Crippen LogP contribution is 2.34. The Bertz CT molecular complexity index is 1020. The Balaban J connectivity index is 1.84. The topological polar surface area (TPSA) is 49.9 Å². The molecule has 0 aliphatic carbocycles. The zero-order valence-corrected chi connectivity index (χ0v) is 14.9. The van der Waals surface area contributed by atoms with E-state index in [9.17, 15) is 0 Å². The molecule has 0 saturated heterocycles. The van der Waals surface area contributed by atoms with Crippen molar-refractivity contribution in [3.8, 4) is 5.75 Å². The van der Waals surface area contributed by atoms with Gasteiger partial charge in [-0.3, -0.25) is 4.98 Å². The number of nitrogens with one attached hydrogen (secondary N) is 2. The van der Waals surface area contributed by atoms with Gasteiger partial charge < -0.3 is 15.0 Å². The second-order valence-corrected chi connectivity index (χ2v) is 6.30. The van der Waals surface area contributed by atoms with Crippen molar-refractivity contribution in [1.82, 2.24) is 9.97 Å². The van der Waals surface area contributed by atoms with Crippen molar-refractivity contribution in [2.24, 2.45) is 0 Å². The molecule has 0 radical (unpaired) electrons. The highest BCUT2D eigenvalue weighted by molar-refractivity contribution is 5.86. The molecule has 4 nitrogen and oxygen atoms in total. The maximum atomic E-state index is 5.37. The SMILES string of the molecule is COc1cccc(NC(c2cccnc2)c2c(C)[nH]c3ccccc23)c1. The summed E-state index contributed by atoms with van der Waals surface area (Å²) in [6.07, 6.45) is 3.72. The van der Waals surface area contributed by atoms with Crippen molar-refractivity contribution in [3.05, 3.63) is 89.9 Å². The predicted molar refractivity (Wildman–Crippen MR) is 106 cm³/mol. The largest absolute Gasteiger partial charge is 0.497 e. The van der Waals surface area contributed by atoms with Gasteiger partial charge in [-0.1, -0.05) is 30.3 Å². The molecule has 1 atom stereocenters. The second-order valence-electron chi connectivity index (χ2n) is 6.30. The fraction of sp³-hybridized carbons (Fsp3) is 0.136. The molecule has 2 heterocycles. The summed E-state index contributed by atoms with van der Waals surface area (Å²) in [5.74, 6) is 0.829. The number of methoxy groups -OCH3 is 1. The van der Waals surface area contributed by atoms with E-state index in [-0.39, 0.29) is 6.04 Å². The number of rotatable bonds is 5. The Hall–Kier alpha value is -3.27. The van der Waals surface area contributed by atoms with E-state index in [4.69, 9.17) is 4.74 Å². The standard InChI is InChI=1S/C22H21N3O/c1-15-21(19-10-3-4-11-20(19)24-15)22(16-7-6-12-23-14-16)25-17-8-5-9-18(13-17)26-2/h3-14,22,24-25H,1-2H3. The monoisotopic (exact) mass is 343 g/mol. The fourth-order valence-corrected chi connectivity index (χ4v) is 3.42. The van der Waals surface area contributed by atoms with Crippen LogP contribution in [0.25, 0.3) is 10.9 Å². The number of H-pyrrole nitrogens is 1. The fourth-order valence-electron chi connectivity index (χ4n) is 3.42. The molecule has 0 fully saturated rings. The lowest BCUT2D eigenvalue weighted by Crippen LogP contribution is -2.13. The number of anilines is 1. The summed E-state index contributed by atoms with van der Waals surface area (Å²) >= 11 is 0. The Labute approximate surface area is 152 Å². The van der Waals surface area contributed by atoms with Crippen molar-refractivity contribution in [1.29, 1.82) is 0 Å². The molecule has 2 aromatic carbocycles. The van der Waals surface area contributed by atoms with Gasteiger partial charge in [-0.15, -0.1) is 0 Å². The number of hydrogen-bond donors (Lipinski definition) is 2. The van der Waals surface area contributed by atoms with E-state index in [0.29, 0.717) is 0 Å². The van der Waals surface area contributed by atoms with Crippen LogP contribution in [0.3, 0.4) is 0 Å². The van der Waals surface area contributed by atoms with Crippen LogP contribution in [0, 0.1) is 6.92 Å². The molecule has 1 unspecified atom stereocenters. The normalized spacial score (nSPS) is 12.1. The maximum absolute atomic E-state index is 5.37. The Morgan fingerprint density at radius 2 is 1.92 bits per heavy atom. The molecule has 4 heteroatoms. The van der Waals surface area contributed by atoms with Gasteiger partial charge in [-0.05, 0) is 36.8 Å². The van der Waals surface area contributed by atoms with Crippen LogP contribution in [-0.4, -0.2) is 17.1 Å². The quantitative estimate of drug-likeness (QED) is 0.531. The summed E-state index contributed by atoms with van der Waals surface area (Å²) in [6, 6.07) is 20.4. The number of aromatic amines is 1. The molecule has 0 aliphatic heterocycles. The van der Waals surface area contributed by atoms with Crippen LogP contribution in [0.5, 0.6) is 5.75 Å². The lowest BCUT2D eigenvalue weighted by molar-refractivity contribution is 0.415. The first-order valence-corrected chi connectivity index (χ1v) is 8.64. The molecule has 130 valence electrons. The van der Waals surface area contributed by atoms with Crippen molar-refractivity contribution in [2.45, 2.75) is 13.0 Å². The highest BCUT2D eigenvalue weighted by Gasteiger charge is 2.21. The minimum absolute atomic E-state index is 0.0213. The van der Waals surface area contributed by atoms with Crippen molar-refractivity contribution >= 4 is 16.6 Å². The summed E-state index contributed by atoms with van der Waals surface area (Å²) < 4.78 is 5.37. The first-order valence-electron chi connectivity index (χ1n) is 8.64. The molecular formula is C22H21N3O. The number of aromatic nitrogens is 2. The van der Waals surface area contributed by atoms with Crippen molar-refractivity contribution in [3.63, 3.8) is 0 Å². The second kappa shape index (κ2) is 6.92. The Kier molecular flexibility index (Phi) is 4.32. The average Bonchev–Trinajstić information content (AvgIpc) is 3.02. The molecule has 2 aromatic heterocycles. The van der Waals surface area contributed by atoms with Gasteiger partial charge in [0.25, 0.3) is 0 Å². The first-order chi connectivity index (χ1) is 12.8. The zero-order valence-electron chi connectivity index (χ0n) is 14.9. The van der Waals surface area contributed by atoms with Gasteiger partial charge in [0.1, 0.15) is 5.75 Å². The van der Waals surface area contributed by atoms with E-state index < -0.39 is 0 Å². The molecule has 26 heavy (non-hydrogen) atoms. The van der Waals surface area contributed by atoms with Crippen molar-refractivity contribution < 1.29 is 4.74 Å². The number of nitrogens with zero attached hydrogens (tertiary/aromatic N) is 1. The predicted octanol–water partition coefficient (Wildman–Crippen LogP) is 5.08. The molecule has 0 bridgehead atoms. The van der Waals surface area contributed by atoms with E-state index in [2.05, 4.69) is 58.6 Å². The van der Waals surface area contributed by atoms with Crippen LogP contribution in [0.4, 0.5) is 5.69 Å². The number of hydrogen-bond acceptors (Lipinski definition) is 3. The number of benzene rings is 2. The third kappa shape index (κ3) is 3.02. The smallest absolute Gasteiger partial charge is 0.120 e. The van der Waals surface area contributed by atoms with Crippen LogP contribution in [0.2, 0.25) is 0 Å². The van der Waals surface area contributed by atoms with Crippen LogP contribution in [-0.2, 0) is 0 Å². The molecular weight excluding hydrogens is 322 g/mol. The third-order valence-corrected chi connectivity index (χ3v) is 4.63. The summed E-state index contributed by atoms with van der Waals surface area (Å²) in [5, 5.41) is 4.88. The molecule has 0 aliphatic rings. The maximum Gasteiger partial charge on any atom is 0.120 e. The summed E-state index contributed by atoms with van der Waals surface area (Å²) in [4.78, 5) is 7.83. The summed E-state index contributed by atoms with van der Waals surface area (Å²) in [6.45, 7) is 2.12. The average molecular weight is 343 g/mol. The molecule has 0 spiro atoms. The lowest BCUT2D eigenvalue weighted by atomic mass is 9.97. The lowest BCUT2D eigenvalue weighted by Gasteiger charge is -2.21. The Morgan fingerprint density at radius 3 is 2.73 bits per heavy atom. The molecule has 4 aromatic rings. The van der Waals surface area contributed by atoms with Crippen molar-refractivity contribution in [2.75, 3.05) is 12.4 Å². The molecule has 0 saturated carbocycles. The number of aryl methyl sites for hydroxylation is 1. The minimum atomic E-state index is -0.0213. The van der Waals surface area contributed by atoms with Gasteiger partial charge in [0.15, 0.2) is 0 Å². The minimum Gasteiger partial charge on any atom is -0.497 e. The van der Waals surface area contributed by atoms with Gasteiger partial charge in [0.05, 0.1) is 13.2 Å². The highest BCUT2D eigenvalue weighted by atomic mass is 16.5. The number of ether oxygens (including phenoxy) is 1. The van der Waals surface area contributed by atoms with Gasteiger partial charge in [-0.25, -0.2) is 0 Å². The van der Waals surface area contributed by atoms with E-state index >= 15 is 0 Å². The molecule has 2 N–H and O–H groups in total. The van der Waals surface area contributed by atoms with Crippen LogP contribution >= 0.6 is 0 Å². The number of fused-ring (bicyclic) bond motifs is 1. The van der Waals surface area contributed by atoms with Crippen LogP contribution in [0.1, 0.15) is 22.9 Å². The van der Waals surface area contributed by atoms with Gasteiger partial charge in [0.2, 0.25) is 0 Å². The van der Waals surface area contributed by atoms with E-state index in [1.165, 1.54) is 10.9 Å². The van der Waals surface area contributed by atoms with Gasteiger partial charge in [0, 0.05) is 46.3 Å².